The van der Waals surface area contributed by atoms with Crippen molar-refractivity contribution in [3.05, 3.63) is 29.3 Å². The summed E-state index contributed by atoms with van der Waals surface area (Å²) in [6, 6.07) is 5.18. The molecule has 0 bridgehead atoms. The fourth-order valence-corrected chi connectivity index (χ4v) is 2.24. The first-order valence-electron chi connectivity index (χ1n) is 6.34. The van der Waals surface area contributed by atoms with Crippen molar-refractivity contribution in [1.82, 2.24) is 0 Å². The van der Waals surface area contributed by atoms with Crippen LogP contribution in [-0.4, -0.2) is 41.0 Å². The molecular weight excluding hydrogens is 246 g/mol. The van der Waals surface area contributed by atoms with Crippen LogP contribution in [0.4, 0.5) is 5.69 Å². The average Bonchev–Trinajstić information content (AvgIpc) is 2.68. The van der Waals surface area contributed by atoms with Gasteiger partial charge in [-0.15, -0.1) is 0 Å². The van der Waals surface area contributed by atoms with E-state index in [0.29, 0.717) is 18.7 Å². The van der Waals surface area contributed by atoms with Crippen LogP contribution in [0.3, 0.4) is 0 Å². The molecule has 0 amide bonds. The number of ether oxygens (including phenoxy) is 1. The standard InChI is InChI=1S/C14H19NO4/c1-9-3-4-12(11(7-9)13(16)17)15-8-14(18)5-6-19-10(14)2/h3-4,7,10,15,18H,5-6,8H2,1-2H3,(H,16,17). The van der Waals surface area contributed by atoms with Gasteiger partial charge in [-0.05, 0) is 26.0 Å². The lowest BCUT2D eigenvalue weighted by Crippen LogP contribution is -2.43. The van der Waals surface area contributed by atoms with Crippen molar-refractivity contribution in [2.24, 2.45) is 0 Å². The molecule has 104 valence electrons. The van der Waals surface area contributed by atoms with Crippen LogP contribution < -0.4 is 5.32 Å². The van der Waals surface area contributed by atoms with Gasteiger partial charge in [0.05, 0.1) is 11.7 Å². The van der Waals surface area contributed by atoms with Crippen molar-refractivity contribution in [3.63, 3.8) is 0 Å². The molecule has 0 saturated carbocycles. The van der Waals surface area contributed by atoms with E-state index in [1.807, 2.05) is 19.9 Å². The second-order valence-electron chi connectivity index (χ2n) is 5.07. The highest BCUT2D eigenvalue weighted by Crippen LogP contribution is 2.27. The van der Waals surface area contributed by atoms with Gasteiger partial charge in [-0.3, -0.25) is 0 Å². The van der Waals surface area contributed by atoms with E-state index >= 15 is 0 Å². The fourth-order valence-electron chi connectivity index (χ4n) is 2.24. The molecule has 0 aliphatic carbocycles. The molecule has 5 nitrogen and oxygen atoms in total. The highest BCUT2D eigenvalue weighted by molar-refractivity contribution is 5.94. The van der Waals surface area contributed by atoms with Crippen LogP contribution in [0, 0.1) is 6.92 Å². The maximum Gasteiger partial charge on any atom is 0.337 e. The average molecular weight is 265 g/mol. The van der Waals surface area contributed by atoms with Gasteiger partial charge < -0.3 is 20.3 Å². The molecule has 1 aromatic carbocycles. The summed E-state index contributed by atoms with van der Waals surface area (Å²) in [4.78, 5) is 11.2. The predicted molar refractivity (Wildman–Crippen MR) is 71.6 cm³/mol. The molecule has 1 heterocycles. The van der Waals surface area contributed by atoms with Crippen LogP contribution in [0.1, 0.15) is 29.3 Å². The fraction of sp³-hybridized carbons (Fsp3) is 0.500. The third-order valence-corrected chi connectivity index (χ3v) is 3.65. The minimum Gasteiger partial charge on any atom is -0.478 e. The molecule has 0 spiro atoms. The van der Waals surface area contributed by atoms with Crippen LogP contribution in [-0.2, 0) is 4.74 Å². The number of aromatic carboxylic acids is 1. The zero-order valence-electron chi connectivity index (χ0n) is 11.1. The third kappa shape index (κ3) is 2.88. The SMILES string of the molecule is Cc1ccc(NCC2(O)CCOC2C)c(C(=O)O)c1. The summed E-state index contributed by atoms with van der Waals surface area (Å²) < 4.78 is 5.35. The lowest BCUT2D eigenvalue weighted by Gasteiger charge is -2.27. The predicted octanol–water partition coefficient (Wildman–Crippen LogP) is 1.65. The molecular formula is C14H19NO4. The van der Waals surface area contributed by atoms with Crippen molar-refractivity contribution in [1.29, 1.82) is 0 Å². The molecule has 1 fully saturated rings. The highest BCUT2D eigenvalue weighted by Gasteiger charge is 2.39. The zero-order valence-corrected chi connectivity index (χ0v) is 11.1. The lowest BCUT2D eigenvalue weighted by atomic mass is 9.96. The van der Waals surface area contributed by atoms with Gasteiger partial charge in [0.25, 0.3) is 0 Å². The van der Waals surface area contributed by atoms with Gasteiger partial charge in [0.1, 0.15) is 5.60 Å². The molecule has 1 aliphatic rings. The topological polar surface area (TPSA) is 78.8 Å². The Hall–Kier alpha value is -1.59. The minimum atomic E-state index is -0.978. The number of hydrogen-bond donors (Lipinski definition) is 3. The van der Waals surface area contributed by atoms with Gasteiger partial charge in [0, 0.05) is 25.3 Å². The number of aliphatic hydroxyl groups is 1. The summed E-state index contributed by atoms with van der Waals surface area (Å²) in [6.45, 7) is 4.47. The third-order valence-electron chi connectivity index (χ3n) is 3.65. The second-order valence-corrected chi connectivity index (χ2v) is 5.07. The summed E-state index contributed by atoms with van der Waals surface area (Å²) in [5.74, 6) is -0.978. The molecule has 19 heavy (non-hydrogen) atoms. The Morgan fingerprint density at radius 3 is 2.89 bits per heavy atom. The van der Waals surface area contributed by atoms with Gasteiger partial charge in [0.15, 0.2) is 0 Å². The van der Waals surface area contributed by atoms with Crippen LogP contribution in [0.5, 0.6) is 0 Å². The number of nitrogens with one attached hydrogen (secondary N) is 1. The molecule has 1 aliphatic heterocycles. The van der Waals surface area contributed by atoms with E-state index in [9.17, 15) is 15.0 Å². The molecule has 3 N–H and O–H groups in total. The van der Waals surface area contributed by atoms with Crippen molar-refractivity contribution in [3.8, 4) is 0 Å². The Labute approximate surface area is 112 Å². The Bertz CT molecular complexity index is 488. The number of aryl methyl sites for hydroxylation is 1. The van der Waals surface area contributed by atoms with Crippen LogP contribution >= 0.6 is 0 Å². The summed E-state index contributed by atoms with van der Waals surface area (Å²) in [5, 5.41) is 22.6. The molecule has 2 unspecified atom stereocenters. The number of carboxylic acid groups (broad SMARTS) is 1. The summed E-state index contributed by atoms with van der Waals surface area (Å²) >= 11 is 0. The normalized spacial score (nSPS) is 26.4. The van der Waals surface area contributed by atoms with Crippen molar-refractivity contribution < 1.29 is 19.7 Å². The van der Waals surface area contributed by atoms with Gasteiger partial charge in [-0.25, -0.2) is 4.79 Å². The van der Waals surface area contributed by atoms with Crippen LogP contribution in [0.15, 0.2) is 18.2 Å². The van der Waals surface area contributed by atoms with Gasteiger partial charge in [-0.1, -0.05) is 11.6 Å². The molecule has 1 saturated heterocycles. The van der Waals surface area contributed by atoms with Crippen LogP contribution in [0.2, 0.25) is 0 Å². The van der Waals surface area contributed by atoms with E-state index in [4.69, 9.17) is 4.74 Å². The number of rotatable bonds is 4. The number of benzene rings is 1. The van der Waals surface area contributed by atoms with Crippen LogP contribution in [0.25, 0.3) is 0 Å². The Morgan fingerprint density at radius 2 is 2.32 bits per heavy atom. The van der Waals surface area contributed by atoms with E-state index in [1.54, 1.807) is 12.1 Å². The minimum absolute atomic E-state index is 0.218. The monoisotopic (exact) mass is 265 g/mol. The Balaban J connectivity index is 2.13. The van der Waals surface area contributed by atoms with Gasteiger partial charge in [0.2, 0.25) is 0 Å². The van der Waals surface area contributed by atoms with Crippen molar-refractivity contribution in [2.75, 3.05) is 18.5 Å². The van der Waals surface area contributed by atoms with E-state index in [1.165, 1.54) is 0 Å². The molecule has 2 rings (SSSR count). The first kappa shape index (κ1) is 13.8. The summed E-state index contributed by atoms with van der Waals surface area (Å²) in [6.07, 6.45) is 0.300. The summed E-state index contributed by atoms with van der Waals surface area (Å²) in [7, 11) is 0. The molecule has 0 radical (unpaired) electrons. The summed E-state index contributed by atoms with van der Waals surface area (Å²) in [5.41, 5.74) is 0.681. The highest BCUT2D eigenvalue weighted by atomic mass is 16.5. The Kier molecular flexibility index (Phi) is 3.78. The first-order chi connectivity index (χ1) is 8.92. The van der Waals surface area contributed by atoms with Crippen molar-refractivity contribution >= 4 is 11.7 Å². The molecule has 2 atom stereocenters. The number of carboxylic acids is 1. The van der Waals surface area contributed by atoms with E-state index in [2.05, 4.69) is 5.32 Å². The van der Waals surface area contributed by atoms with Gasteiger partial charge in [-0.2, -0.15) is 0 Å². The van der Waals surface area contributed by atoms with Gasteiger partial charge >= 0.3 is 5.97 Å². The molecule has 0 aromatic heterocycles. The number of anilines is 1. The number of hydrogen-bond acceptors (Lipinski definition) is 4. The zero-order chi connectivity index (χ0) is 14.0. The Morgan fingerprint density at radius 1 is 1.58 bits per heavy atom. The molecule has 1 aromatic rings. The lowest BCUT2D eigenvalue weighted by molar-refractivity contribution is -0.0176. The largest absolute Gasteiger partial charge is 0.478 e. The maximum atomic E-state index is 11.2. The first-order valence-corrected chi connectivity index (χ1v) is 6.34. The van der Waals surface area contributed by atoms with E-state index in [0.717, 1.165) is 5.56 Å². The quantitative estimate of drug-likeness (QED) is 0.771. The van der Waals surface area contributed by atoms with E-state index in [-0.39, 0.29) is 18.2 Å². The van der Waals surface area contributed by atoms with E-state index < -0.39 is 11.6 Å². The maximum absolute atomic E-state index is 11.2. The second kappa shape index (κ2) is 5.19. The smallest absolute Gasteiger partial charge is 0.337 e. The molecule has 5 heteroatoms. The number of carbonyl (C=O) groups is 1. The van der Waals surface area contributed by atoms with Crippen molar-refractivity contribution in [2.45, 2.75) is 32.0 Å².